The summed E-state index contributed by atoms with van der Waals surface area (Å²) in [6.45, 7) is 2.48. The van der Waals surface area contributed by atoms with E-state index in [9.17, 15) is 23.2 Å². The molecule has 4 aromatic rings. The number of fused-ring (bicyclic) bond motifs is 1. The highest BCUT2D eigenvalue weighted by Gasteiger charge is 2.28. The highest BCUT2D eigenvalue weighted by molar-refractivity contribution is 6.10. The number of alkyl halides is 3. The number of nitrogens with zero attached hydrogens (tertiary/aromatic N) is 4. The van der Waals surface area contributed by atoms with Crippen molar-refractivity contribution in [1.82, 2.24) is 14.8 Å². The average Bonchev–Trinajstić information content (AvgIpc) is 3.25. The lowest BCUT2D eigenvalue weighted by Crippen LogP contribution is -2.17. The summed E-state index contributed by atoms with van der Waals surface area (Å²) < 4.78 is 44.6. The zero-order chi connectivity index (χ0) is 25.2. The number of carbonyl (C=O) groups excluding carboxylic acids is 1. The van der Waals surface area contributed by atoms with Gasteiger partial charge in [-0.15, -0.1) is 0 Å². The molecule has 0 unspecified atom stereocenters. The molecule has 0 saturated heterocycles. The number of nitriles is 1. The summed E-state index contributed by atoms with van der Waals surface area (Å²) in [6, 6.07) is 13.4. The maximum Gasteiger partial charge on any atom is 0.408 e. The number of nitrogens with one attached hydrogen (secondary N) is 1. The minimum absolute atomic E-state index is 0.127. The maximum atomic E-state index is 12.9. The molecule has 0 aliphatic carbocycles. The molecule has 0 spiro atoms. The van der Waals surface area contributed by atoms with Gasteiger partial charge in [0, 0.05) is 28.9 Å². The quantitative estimate of drug-likeness (QED) is 0.390. The van der Waals surface area contributed by atoms with Gasteiger partial charge in [0.25, 0.3) is 5.91 Å². The molecule has 4 rings (SSSR count). The lowest BCUT2D eigenvalue weighted by atomic mass is 10.0. The molecule has 2 aromatic carbocycles. The summed E-state index contributed by atoms with van der Waals surface area (Å²) >= 11 is 0. The molecular weight excluding hydrogens is 459 g/mol. The van der Waals surface area contributed by atoms with Crippen LogP contribution in [0.3, 0.4) is 0 Å². The second-order valence-corrected chi connectivity index (χ2v) is 8.05. The number of ether oxygens (including phenoxy) is 1. The molecule has 0 aliphatic rings. The smallest absolute Gasteiger partial charge is 0.408 e. The number of hydrogen-bond donors (Lipinski definition) is 1. The Bertz CT molecular complexity index is 1440. The Morgan fingerprint density at radius 3 is 2.74 bits per heavy atom. The molecule has 35 heavy (non-hydrogen) atoms. The van der Waals surface area contributed by atoms with Crippen LogP contribution in [-0.4, -0.2) is 33.0 Å². The standard InChI is InChI=1S/C25H20F3N5O2/c1-15(2)35-22-7-6-16(10-17(22)11-29)24(34)32-21-5-3-4-20-19(8-9-30-23(20)21)18-12-31-33(13-18)14-25(26,27)28/h3-10,12-13,15H,14H2,1-2H3,(H,32,34). The predicted molar refractivity (Wildman–Crippen MR) is 124 cm³/mol. The van der Waals surface area contributed by atoms with Crippen LogP contribution < -0.4 is 10.1 Å². The van der Waals surface area contributed by atoms with Crippen LogP contribution in [0.1, 0.15) is 29.8 Å². The van der Waals surface area contributed by atoms with E-state index in [1.165, 1.54) is 24.7 Å². The van der Waals surface area contributed by atoms with Crippen LogP contribution in [0.15, 0.2) is 61.1 Å². The number of carbonyl (C=O) groups is 1. The van der Waals surface area contributed by atoms with Crippen molar-refractivity contribution in [2.24, 2.45) is 0 Å². The molecule has 1 N–H and O–H groups in total. The second-order valence-electron chi connectivity index (χ2n) is 8.05. The van der Waals surface area contributed by atoms with Crippen molar-refractivity contribution in [3.8, 4) is 22.9 Å². The fraction of sp³-hybridized carbons (Fsp3) is 0.200. The van der Waals surface area contributed by atoms with Crippen LogP contribution >= 0.6 is 0 Å². The SMILES string of the molecule is CC(C)Oc1ccc(C(=O)Nc2cccc3c(-c4cnn(CC(F)(F)F)c4)ccnc23)cc1C#N. The van der Waals surface area contributed by atoms with Crippen LogP contribution in [0.5, 0.6) is 5.75 Å². The summed E-state index contributed by atoms with van der Waals surface area (Å²) in [4.78, 5) is 17.3. The van der Waals surface area contributed by atoms with Gasteiger partial charge in [-0.05, 0) is 49.7 Å². The van der Waals surface area contributed by atoms with Crippen LogP contribution in [0.2, 0.25) is 0 Å². The zero-order valence-corrected chi connectivity index (χ0v) is 18.8. The Hall–Kier alpha value is -4.39. The molecule has 10 heteroatoms. The first-order valence-electron chi connectivity index (χ1n) is 10.6. The fourth-order valence-electron chi connectivity index (χ4n) is 3.61. The van der Waals surface area contributed by atoms with Crippen LogP contribution in [0.25, 0.3) is 22.0 Å². The molecule has 0 saturated carbocycles. The number of aromatic nitrogens is 3. The Morgan fingerprint density at radius 2 is 2.03 bits per heavy atom. The van der Waals surface area contributed by atoms with Gasteiger partial charge in [0.15, 0.2) is 0 Å². The molecule has 2 heterocycles. The fourth-order valence-corrected chi connectivity index (χ4v) is 3.61. The summed E-state index contributed by atoms with van der Waals surface area (Å²) in [5.74, 6) is -0.0584. The first kappa shape index (κ1) is 23.8. The van der Waals surface area contributed by atoms with E-state index in [0.29, 0.717) is 33.5 Å². The minimum Gasteiger partial charge on any atom is -0.490 e. The Kier molecular flexibility index (Phi) is 6.42. The van der Waals surface area contributed by atoms with Crippen molar-refractivity contribution in [3.05, 3.63) is 72.2 Å². The summed E-state index contributed by atoms with van der Waals surface area (Å²) in [5, 5.41) is 16.7. The van der Waals surface area contributed by atoms with E-state index < -0.39 is 18.6 Å². The highest BCUT2D eigenvalue weighted by atomic mass is 19.4. The first-order valence-corrected chi connectivity index (χ1v) is 10.6. The number of anilines is 1. The summed E-state index contributed by atoms with van der Waals surface area (Å²) in [6.07, 6.45) is -0.321. The van der Waals surface area contributed by atoms with Gasteiger partial charge in [-0.25, -0.2) is 0 Å². The largest absolute Gasteiger partial charge is 0.490 e. The van der Waals surface area contributed by atoms with Crippen molar-refractivity contribution in [1.29, 1.82) is 5.26 Å². The van der Waals surface area contributed by atoms with Gasteiger partial charge in [-0.3, -0.25) is 14.5 Å². The molecule has 0 atom stereocenters. The van der Waals surface area contributed by atoms with Gasteiger partial charge in [0.05, 0.1) is 29.1 Å². The Morgan fingerprint density at radius 1 is 1.23 bits per heavy atom. The van der Waals surface area contributed by atoms with Crippen molar-refractivity contribution in [2.75, 3.05) is 5.32 Å². The van der Waals surface area contributed by atoms with Crippen molar-refractivity contribution >= 4 is 22.5 Å². The predicted octanol–water partition coefficient (Wildman–Crippen LogP) is 5.57. The summed E-state index contributed by atoms with van der Waals surface area (Å²) in [5.41, 5.74) is 2.49. The number of pyridine rings is 1. The third-order valence-electron chi connectivity index (χ3n) is 5.03. The third kappa shape index (κ3) is 5.41. The molecule has 2 aromatic heterocycles. The van der Waals surface area contributed by atoms with Gasteiger partial charge >= 0.3 is 6.18 Å². The number of benzene rings is 2. The van der Waals surface area contributed by atoms with Crippen molar-refractivity contribution in [2.45, 2.75) is 32.7 Å². The van der Waals surface area contributed by atoms with E-state index >= 15 is 0 Å². The van der Waals surface area contributed by atoms with E-state index in [1.54, 1.807) is 36.4 Å². The maximum absolute atomic E-state index is 12.9. The Balaban J connectivity index is 1.64. The monoisotopic (exact) mass is 479 g/mol. The van der Waals surface area contributed by atoms with E-state index in [4.69, 9.17) is 4.74 Å². The summed E-state index contributed by atoms with van der Waals surface area (Å²) in [7, 11) is 0. The first-order chi connectivity index (χ1) is 16.6. The normalized spacial score (nSPS) is 11.5. The van der Waals surface area contributed by atoms with Crippen molar-refractivity contribution in [3.63, 3.8) is 0 Å². The number of halogens is 3. The van der Waals surface area contributed by atoms with Gasteiger partial charge in [-0.2, -0.15) is 23.5 Å². The molecule has 1 amide bonds. The molecular formula is C25H20F3N5O2. The van der Waals surface area contributed by atoms with E-state index in [-0.39, 0.29) is 17.2 Å². The van der Waals surface area contributed by atoms with E-state index in [0.717, 1.165) is 4.68 Å². The molecule has 0 fully saturated rings. The number of rotatable bonds is 6. The number of amides is 1. The zero-order valence-electron chi connectivity index (χ0n) is 18.8. The molecule has 0 radical (unpaired) electrons. The van der Waals surface area contributed by atoms with Crippen LogP contribution in [0, 0.1) is 11.3 Å². The van der Waals surface area contributed by atoms with Gasteiger partial charge in [0.1, 0.15) is 18.4 Å². The van der Waals surface area contributed by atoms with Gasteiger partial charge < -0.3 is 10.1 Å². The van der Waals surface area contributed by atoms with Crippen molar-refractivity contribution < 1.29 is 22.7 Å². The van der Waals surface area contributed by atoms with E-state index in [2.05, 4.69) is 15.4 Å². The average molecular weight is 479 g/mol. The molecule has 7 nitrogen and oxygen atoms in total. The molecule has 0 aliphatic heterocycles. The van der Waals surface area contributed by atoms with Crippen LogP contribution in [0.4, 0.5) is 18.9 Å². The lowest BCUT2D eigenvalue weighted by Gasteiger charge is -2.13. The number of hydrogen-bond acceptors (Lipinski definition) is 5. The van der Waals surface area contributed by atoms with Crippen LogP contribution in [-0.2, 0) is 6.54 Å². The van der Waals surface area contributed by atoms with Gasteiger partial charge in [-0.1, -0.05) is 12.1 Å². The lowest BCUT2D eigenvalue weighted by molar-refractivity contribution is -0.142. The molecule has 178 valence electrons. The minimum atomic E-state index is -4.38. The second kappa shape index (κ2) is 9.46. The third-order valence-corrected chi connectivity index (χ3v) is 5.03. The van der Waals surface area contributed by atoms with Gasteiger partial charge in [0.2, 0.25) is 0 Å². The Labute approximate surface area is 198 Å². The molecule has 0 bridgehead atoms. The highest BCUT2D eigenvalue weighted by Crippen LogP contribution is 2.32. The number of para-hydroxylation sites is 1. The topological polar surface area (TPSA) is 92.8 Å². The van der Waals surface area contributed by atoms with E-state index in [1.807, 2.05) is 19.9 Å².